The molecular weight excluding hydrogens is 150 g/mol. The van der Waals surface area contributed by atoms with E-state index < -0.39 is 0 Å². The van der Waals surface area contributed by atoms with Crippen molar-refractivity contribution in [2.75, 3.05) is 0 Å². The van der Waals surface area contributed by atoms with Crippen molar-refractivity contribution in [3.05, 3.63) is 40.8 Å². The molecule has 2 rings (SSSR count). The Kier molecular flexibility index (Phi) is 1.49. The van der Waals surface area contributed by atoms with Gasteiger partial charge in [-0.15, -0.1) is 5.73 Å². The van der Waals surface area contributed by atoms with Crippen LogP contribution in [0.2, 0.25) is 0 Å². The minimum Gasteiger partial charge on any atom is -0.325 e. The van der Waals surface area contributed by atoms with Crippen LogP contribution in [0.5, 0.6) is 0 Å². The summed E-state index contributed by atoms with van der Waals surface area (Å²) in [7, 11) is 0. The van der Waals surface area contributed by atoms with E-state index in [-0.39, 0.29) is 5.91 Å². The molecule has 1 heterocycles. The van der Waals surface area contributed by atoms with Crippen LogP contribution in [0.25, 0.3) is 0 Å². The molecule has 0 bridgehead atoms. The Bertz CT molecular complexity index is 365. The summed E-state index contributed by atoms with van der Waals surface area (Å²) < 4.78 is 0. The molecule has 1 N–H and O–H groups in total. The third-order valence-electron chi connectivity index (χ3n) is 1.91. The number of hydrogen-bond donors (Lipinski definition) is 1. The van der Waals surface area contributed by atoms with Crippen molar-refractivity contribution in [3.63, 3.8) is 0 Å². The second-order valence-corrected chi connectivity index (χ2v) is 3.01. The van der Waals surface area contributed by atoms with E-state index >= 15 is 0 Å². The van der Waals surface area contributed by atoms with Gasteiger partial charge in [0.05, 0.1) is 12.1 Å². The Hall–Kier alpha value is -1.53. The van der Waals surface area contributed by atoms with Crippen LogP contribution in [0.4, 0.5) is 0 Å². The number of allylic oxidation sites excluding steroid dienone is 3. The number of rotatable bonds is 0. The van der Waals surface area contributed by atoms with Crippen LogP contribution in [0, 0.1) is 0 Å². The molecule has 0 fully saturated rings. The molecule has 0 aromatic rings. The van der Waals surface area contributed by atoms with Gasteiger partial charge in [-0.3, -0.25) is 4.79 Å². The van der Waals surface area contributed by atoms with Gasteiger partial charge in [0.2, 0.25) is 5.91 Å². The molecule has 0 radical (unpaired) electrons. The maximum absolute atomic E-state index is 11.0. The van der Waals surface area contributed by atoms with Crippen molar-refractivity contribution in [3.8, 4) is 0 Å². The summed E-state index contributed by atoms with van der Waals surface area (Å²) in [5.74, 6) is 0.0731. The zero-order valence-corrected chi connectivity index (χ0v) is 6.85. The van der Waals surface area contributed by atoms with Gasteiger partial charge in [0.15, 0.2) is 0 Å². The predicted molar refractivity (Wildman–Crippen MR) is 46.2 cm³/mol. The van der Waals surface area contributed by atoms with Crippen molar-refractivity contribution in [1.82, 2.24) is 5.32 Å². The van der Waals surface area contributed by atoms with E-state index in [0.717, 1.165) is 16.8 Å². The summed E-state index contributed by atoms with van der Waals surface area (Å²) in [5.41, 5.74) is 6.09. The van der Waals surface area contributed by atoms with Crippen molar-refractivity contribution >= 4 is 5.91 Å². The third kappa shape index (κ3) is 1.13. The lowest BCUT2D eigenvalue weighted by Gasteiger charge is -1.92. The van der Waals surface area contributed by atoms with E-state index in [2.05, 4.69) is 11.0 Å². The Morgan fingerprint density at radius 1 is 1.50 bits per heavy atom. The summed E-state index contributed by atoms with van der Waals surface area (Å²) in [5, 5.41) is 2.77. The van der Waals surface area contributed by atoms with E-state index in [1.165, 1.54) is 0 Å². The average Bonchev–Trinajstić information content (AvgIpc) is 2.23. The Morgan fingerprint density at radius 2 is 2.33 bits per heavy atom. The highest BCUT2D eigenvalue weighted by Crippen LogP contribution is 2.20. The smallest absolute Gasteiger partial charge is 0.228 e. The lowest BCUT2D eigenvalue weighted by atomic mass is 10.1. The lowest BCUT2D eigenvalue weighted by Crippen LogP contribution is -2.13. The highest BCUT2D eigenvalue weighted by atomic mass is 16.1. The molecule has 0 spiro atoms. The molecule has 1 aliphatic carbocycles. The second-order valence-electron chi connectivity index (χ2n) is 3.01. The van der Waals surface area contributed by atoms with Gasteiger partial charge in [-0.1, -0.05) is 6.08 Å². The van der Waals surface area contributed by atoms with Crippen molar-refractivity contribution in [1.29, 1.82) is 0 Å². The van der Waals surface area contributed by atoms with Crippen LogP contribution in [-0.2, 0) is 4.79 Å². The van der Waals surface area contributed by atoms with Crippen LogP contribution in [0.3, 0.4) is 0 Å². The third-order valence-corrected chi connectivity index (χ3v) is 1.91. The fraction of sp³-hybridized carbons (Fsp3) is 0.200. The van der Waals surface area contributed by atoms with Gasteiger partial charge in [-0.2, -0.15) is 0 Å². The number of carbonyl (C=O) groups excluding carboxylic acids is 1. The number of amides is 1. The van der Waals surface area contributed by atoms with E-state index in [9.17, 15) is 4.79 Å². The van der Waals surface area contributed by atoms with Crippen LogP contribution in [0.15, 0.2) is 40.8 Å². The van der Waals surface area contributed by atoms with E-state index in [1.807, 2.05) is 25.2 Å². The maximum Gasteiger partial charge on any atom is 0.228 e. The quantitative estimate of drug-likeness (QED) is 0.532. The normalized spacial score (nSPS) is 20.4. The molecule has 60 valence electrons. The van der Waals surface area contributed by atoms with Crippen LogP contribution in [0.1, 0.15) is 13.3 Å². The fourth-order valence-corrected chi connectivity index (χ4v) is 1.37. The first-order valence-corrected chi connectivity index (χ1v) is 3.89. The molecule has 0 aromatic heterocycles. The van der Waals surface area contributed by atoms with Crippen LogP contribution >= 0.6 is 0 Å². The summed E-state index contributed by atoms with van der Waals surface area (Å²) in [6.45, 7) is 2.00. The zero-order valence-electron chi connectivity index (χ0n) is 6.85. The highest BCUT2D eigenvalue weighted by Gasteiger charge is 2.17. The van der Waals surface area contributed by atoms with Gasteiger partial charge < -0.3 is 5.32 Å². The highest BCUT2D eigenvalue weighted by molar-refractivity contribution is 5.86. The predicted octanol–water partition coefficient (Wildman–Crippen LogP) is 1.43. The molecule has 12 heavy (non-hydrogen) atoms. The largest absolute Gasteiger partial charge is 0.325 e. The summed E-state index contributed by atoms with van der Waals surface area (Å²) >= 11 is 0. The molecule has 2 aliphatic rings. The SMILES string of the molecule is CC1=CC2=C(C=C=C1)NC(=O)C2. The van der Waals surface area contributed by atoms with Crippen LogP contribution < -0.4 is 5.32 Å². The zero-order chi connectivity index (χ0) is 8.55. The molecule has 2 heteroatoms. The van der Waals surface area contributed by atoms with E-state index in [1.54, 1.807) is 0 Å². The standard InChI is InChI=1S/C10H9NO/c1-7-3-2-4-9-8(5-7)6-10(12)11-9/h3-5H,6H2,1H3,(H,11,12). The second kappa shape index (κ2) is 2.50. The van der Waals surface area contributed by atoms with Gasteiger partial charge >= 0.3 is 0 Å². The minimum absolute atomic E-state index is 0.0731. The first-order valence-electron chi connectivity index (χ1n) is 3.89. The fourth-order valence-electron chi connectivity index (χ4n) is 1.37. The number of nitrogens with one attached hydrogen (secondary N) is 1. The van der Waals surface area contributed by atoms with Gasteiger partial charge in [-0.25, -0.2) is 0 Å². The first kappa shape index (κ1) is 7.14. The maximum atomic E-state index is 11.0. The number of carbonyl (C=O) groups is 1. The molecule has 1 aliphatic heterocycles. The Labute approximate surface area is 71.0 Å². The average molecular weight is 159 g/mol. The number of hydrogen-bond acceptors (Lipinski definition) is 1. The van der Waals surface area contributed by atoms with Crippen molar-refractivity contribution in [2.45, 2.75) is 13.3 Å². The summed E-state index contributed by atoms with van der Waals surface area (Å²) in [6, 6.07) is 0. The van der Waals surface area contributed by atoms with Gasteiger partial charge in [-0.05, 0) is 24.1 Å². The lowest BCUT2D eigenvalue weighted by molar-refractivity contribution is -0.118. The molecule has 0 aromatic carbocycles. The molecule has 0 atom stereocenters. The van der Waals surface area contributed by atoms with Gasteiger partial charge in [0.1, 0.15) is 0 Å². The van der Waals surface area contributed by atoms with Crippen molar-refractivity contribution in [2.24, 2.45) is 0 Å². The summed E-state index contributed by atoms with van der Waals surface area (Å²) in [6.07, 6.45) is 6.24. The minimum atomic E-state index is 0.0731. The summed E-state index contributed by atoms with van der Waals surface area (Å²) in [4.78, 5) is 11.0. The molecule has 0 saturated heterocycles. The van der Waals surface area contributed by atoms with Crippen molar-refractivity contribution < 1.29 is 4.79 Å². The monoisotopic (exact) mass is 159 g/mol. The first-order chi connectivity index (χ1) is 5.75. The molecule has 0 saturated carbocycles. The van der Waals surface area contributed by atoms with E-state index in [4.69, 9.17) is 0 Å². The van der Waals surface area contributed by atoms with Gasteiger partial charge in [0, 0.05) is 6.08 Å². The van der Waals surface area contributed by atoms with Crippen LogP contribution in [-0.4, -0.2) is 5.91 Å². The topological polar surface area (TPSA) is 29.1 Å². The Morgan fingerprint density at radius 3 is 3.17 bits per heavy atom. The molecule has 1 amide bonds. The van der Waals surface area contributed by atoms with Gasteiger partial charge in [0.25, 0.3) is 0 Å². The molecular formula is C10H9NO. The molecule has 2 nitrogen and oxygen atoms in total. The molecule has 0 unspecified atom stereocenters. The Balaban J connectivity index is 2.46. The van der Waals surface area contributed by atoms with E-state index in [0.29, 0.717) is 6.42 Å².